The van der Waals surface area contributed by atoms with Crippen molar-refractivity contribution in [1.82, 2.24) is 5.43 Å². The summed E-state index contributed by atoms with van der Waals surface area (Å²) in [5.74, 6) is 0.545. The van der Waals surface area contributed by atoms with Gasteiger partial charge in [-0.05, 0) is 48.6 Å². The molecule has 0 fully saturated rings. The lowest BCUT2D eigenvalue weighted by Crippen LogP contribution is -2.40. The van der Waals surface area contributed by atoms with Crippen LogP contribution in [-0.4, -0.2) is 55.0 Å². The van der Waals surface area contributed by atoms with Gasteiger partial charge in [0.15, 0.2) is 11.5 Å². The van der Waals surface area contributed by atoms with Gasteiger partial charge in [0.2, 0.25) is 0 Å². The maximum absolute atomic E-state index is 14.0. The van der Waals surface area contributed by atoms with Gasteiger partial charge < -0.3 is 18.9 Å². The molecule has 0 aliphatic heterocycles. The number of methoxy groups -OCH3 is 4. The van der Waals surface area contributed by atoms with Gasteiger partial charge in [-0.2, -0.15) is 5.10 Å². The van der Waals surface area contributed by atoms with Crippen molar-refractivity contribution >= 4 is 27.3 Å². The van der Waals surface area contributed by atoms with Gasteiger partial charge in [0, 0.05) is 17.8 Å². The fraction of sp³-hybridized carbons (Fsp3) is 0.333. The Morgan fingerprint density at radius 1 is 0.854 bits per heavy atom. The number of rotatable bonds is 13. The lowest BCUT2D eigenvalue weighted by molar-refractivity contribution is -0.119. The normalized spacial score (nSPS) is 11.9. The number of hydrogen-bond donors (Lipinski definition) is 1. The SMILES string of the molecule is COc1ccc(OC)c(N(CC(=O)N/N=C(/C)CC(C)(C)c2ccccc2)S(=O)(=O)c2ccc(OC)c(OC)c2)c1. The van der Waals surface area contributed by atoms with E-state index >= 15 is 0 Å². The maximum Gasteiger partial charge on any atom is 0.265 e. The molecule has 3 aromatic carbocycles. The molecular weight excluding hydrogens is 546 g/mol. The highest BCUT2D eigenvalue weighted by Crippen LogP contribution is 2.37. The standard InChI is InChI=1S/C30H37N3O7S/c1-21(19-30(2,3)22-11-9-8-10-12-22)31-32-29(34)20-33(25-17-23(37-4)13-15-26(25)38-5)41(35,36)24-14-16-27(39-6)28(18-24)40-7/h8-18H,19-20H2,1-7H3,(H,32,34)/b31-21-. The number of hydrazone groups is 1. The Bertz CT molecular complexity index is 1490. The minimum absolute atomic E-state index is 0.114. The summed E-state index contributed by atoms with van der Waals surface area (Å²) < 4.78 is 50.3. The molecule has 0 aliphatic carbocycles. The van der Waals surface area contributed by atoms with E-state index in [2.05, 4.69) is 24.4 Å². The van der Waals surface area contributed by atoms with Gasteiger partial charge in [0.1, 0.15) is 18.0 Å². The average molecular weight is 584 g/mol. The summed E-state index contributed by atoms with van der Waals surface area (Å²) >= 11 is 0. The van der Waals surface area contributed by atoms with Gasteiger partial charge in [0.05, 0.1) is 39.0 Å². The second kappa shape index (κ2) is 13.4. The fourth-order valence-electron chi connectivity index (χ4n) is 4.39. The van der Waals surface area contributed by atoms with E-state index < -0.39 is 22.5 Å². The van der Waals surface area contributed by atoms with Crippen LogP contribution in [0, 0.1) is 0 Å². The van der Waals surface area contributed by atoms with E-state index in [1.54, 1.807) is 12.1 Å². The molecule has 11 heteroatoms. The lowest BCUT2D eigenvalue weighted by Gasteiger charge is -2.26. The summed E-state index contributed by atoms with van der Waals surface area (Å²) in [5, 5.41) is 4.27. The second-order valence-electron chi connectivity index (χ2n) is 9.87. The molecule has 0 saturated carbocycles. The van der Waals surface area contributed by atoms with E-state index in [0.29, 0.717) is 23.6 Å². The third-order valence-electron chi connectivity index (χ3n) is 6.51. The van der Waals surface area contributed by atoms with Crippen LogP contribution in [0.25, 0.3) is 0 Å². The van der Waals surface area contributed by atoms with E-state index in [1.165, 1.54) is 52.7 Å². The summed E-state index contributed by atoms with van der Waals surface area (Å²) in [7, 11) is 1.41. The van der Waals surface area contributed by atoms with Crippen LogP contribution >= 0.6 is 0 Å². The molecule has 1 amide bonds. The molecule has 10 nitrogen and oxygen atoms in total. The zero-order chi connectivity index (χ0) is 30.2. The van der Waals surface area contributed by atoms with E-state index in [-0.39, 0.29) is 27.5 Å². The number of benzene rings is 3. The second-order valence-corrected chi connectivity index (χ2v) is 11.7. The quantitative estimate of drug-likeness (QED) is 0.228. The van der Waals surface area contributed by atoms with Crippen molar-refractivity contribution in [3.8, 4) is 23.0 Å². The van der Waals surface area contributed by atoms with Crippen LogP contribution in [0.4, 0.5) is 5.69 Å². The van der Waals surface area contributed by atoms with Gasteiger partial charge in [-0.25, -0.2) is 13.8 Å². The molecule has 220 valence electrons. The van der Waals surface area contributed by atoms with Gasteiger partial charge in [-0.3, -0.25) is 9.10 Å². The summed E-state index contributed by atoms with van der Waals surface area (Å²) in [6.45, 7) is 5.42. The number of nitrogens with one attached hydrogen (secondary N) is 1. The van der Waals surface area contributed by atoms with Crippen molar-refractivity contribution < 1.29 is 32.2 Å². The third kappa shape index (κ3) is 7.49. The molecule has 0 aromatic heterocycles. The first kappa shape index (κ1) is 31.3. The first-order chi connectivity index (χ1) is 19.5. The van der Waals surface area contributed by atoms with Crippen LogP contribution in [0.1, 0.15) is 32.8 Å². The molecule has 0 saturated heterocycles. The summed E-state index contributed by atoms with van der Waals surface area (Å²) in [6.07, 6.45) is 0.578. The summed E-state index contributed by atoms with van der Waals surface area (Å²) in [5.41, 5.74) is 4.22. The molecule has 0 aliphatic rings. The molecule has 0 unspecified atom stereocenters. The highest BCUT2D eigenvalue weighted by Gasteiger charge is 2.31. The minimum atomic E-state index is -4.31. The Morgan fingerprint density at radius 2 is 1.49 bits per heavy atom. The number of nitrogens with zero attached hydrogens (tertiary/aromatic N) is 2. The Balaban J connectivity index is 1.96. The van der Waals surface area contributed by atoms with Crippen molar-refractivity contribution in [2.75, 3.05) is 39.3 Å². The molecule has 41 heavy (non-hydrogen) atoms. The Hall–Kier alpha value is -4.25. The first-order valence-corrected chi connectivity index (χ1v) is 14.2. The van der Waals surface area contributed by atoms with E-state index in [0.717, 1.165) is 9.87 Å². The Morgan fingerprint density at radius 3 is 2.10 bits per heavy atom. The smallest absolute Gasteiger partial charge is 0.265 e. The lowest BCUT2D eigenvalue weighted by atomic mass is 9.80. The zero-order valence-electron chi connectivity index (χ0n) is 24.4. The fourth-order valence-corrected chi connectivity index (χ4v) is 5.83. The molecule has 3 aromatic rings. The number of sulfonamides is 1. The van der Waals surface area contributed by atoms with Crippen molar-refractivity contribution in [2.45, 2.75) is 37.5 Å². The Labute approximate surface area is 241 Å². The molecule has 0 bridgehead atoms. The van der Waals surface area contributed by atoms with Gasteiger partial charge in [-0.1, -0.05) is 44.2 Å². The molecule has 3 rings (SSSR count). The predicted molar refractivity (Wildman–Crippen MR) is 159 cm³/mol. The third-order valence-corrected chi connectivity index (χ3v) is 8.27. The van der Waals surface area contributed by atoms with E-state index in [9.17, 15) is 13.2 Å². The van der Waals surface area contributed by atoms with E-state index in [1.807, 2.05) is 37.3 Å². The monoisotopic (exact) mass is 583 g/mol. The number of anilines is 1. The largest absolute Gasteiger partial charge is 0.497 e. The van der Waals surface area contributed by atoms with Crippen LogP contribution in [0.3, 0.4) is 0 Å². The van der Waals surface area contributed by atoms with Gasteiger partial charge in [-0.15, -0.1) is 0 Å². The van der Waals surface area contributed by atoms with Crippen LogP contribution in [0.5, 0.6) is 23.0 Å². The maximum atomic E-state index is 14.0. The highest BCUT2D eigenvalue weighted by molar-refractivity contribution is 7.92. The molecule has 0 spiro atoms. The van der Waals surface area contributed by atoms with Crippen LogP contribution in [-0.2, 0) is 20.2 Å². The van der Waals surface area contributed by atoms with Crippen LogP contribution < -0.4 is 28.7 Å². The van der Waals surface area contributed by atoms with Gasteiger partial charge in [0.25, 0.3) is 15.9 Å². The molecular formula is C30H37N3O7S. The van der Waals surface area contributed by atoms with E-state index in [4.69, 9.17) is 18.9 Å². The van der Waals surface area contributed by atoms with Crippen LogP contribution in [0.15, 0.2) is 76.7 Å². The van der Waals surface area contributed by atoms with Gasteiger partial charge >= 0.3 is 0 Å². The number of amides is 1. The number of hydrogen-bond acceptors (Lipinski definition) is 8. The predicted octanol–water partition coefficient (Wildman–Crippen LogP) is 4.78. The molecule has 1 N–H and O–H groups in total. The average Bonchev–Trinajstić information content (AvgIpc) is 2.98. The summed E-state index contributed by atoms with van der Waals surface area (Å²) in [4.78, 5) is 13.1. The molecule has 0 atom stereocenters. The number of ether oxygens (including phenoxy) is 4. The minimum Gasteiger partial charge on any atom is -0.497 e. The number of carbonyl (C=O) groups is 1. The van der Waals surface area contributed by atoms with Crippen molar-refractivity contribution in [3.05, 3.63) is 72.3 Å². The first-order valence-electron chi connectivity index (χ1n) is 12.8. The van der Waals surface area contributed by atoms with Crippen LogP contribution in [0.2, 0.25) is 0 Å². The zero-order valence-corrected chi connectivity index (χ0v) is 25.2. The highest BCUT2D eigenvalue weighted by atomic mass is 32.2. The number of carbonyl (C=O) groups excluding carboxylic acids is 1. The topological polar surface area (TPSA) is 116 Å². The van der Waals surface area contributed by atoms with Crippen molar-refractivity contribution in [2.24, 2.45) is 5.10 Å². The molecule has 0 heterocycles. The Kier molecular flexibility index (Phi) is 10.2. The van der Waals surface area contributed by atoms with Crippen molar-refractivity contribution in [1.29, 1.82) is 0 Å². The summed E-state index contributed by atoms with van der Waals surface area (Å²) in [6, 6.07) is 18.9. The molecule has 0 radical (unpaired) electrons. The van der Waals surface area contributed by atoms with Crippen molar-refractivity contribution in [3.63, 3.8) is 0 Å².